The molecule has 0 rings (SSSR count). The average molecular weight is 988 g/mol. The Kier molecular flexibility index (Phi) is 55.9. The first-order valence-corrected chi connectivity index (χ1v) is 29.7. The lowest BCUT2D eigenvalue weighted by Crippen LogP contribution is -2.30. The zero-order valence-electron chi connectivity index (χ0n) is 46.5. The van der Waals surface area contributed by atoms with Gasteiger partial charge >= 0.3 is 17.9 Å². The number of carbonyl (C=O) groups excluding carboxylic acids is 3. The fourth-order valence-electron chi connectivity index (χ4n) is 8.15. The number of esters is 3. The van der Waals surface area contributed by atoms with Crippen molar-refractivity contribution in [2.75, 3.05) is 13.2 Å². The van der Waals surface area contributed by atoms with Crippen molar-refractivity contribution in [3.63, 3.8) is 0 Å². The Morgan fingerprint density at radius 2 is 0.577 bits per heavy atom. The molecule has 0 aromatic rings. The van der Waals surface area contributed by atoms with Gasteiger partial charge in [0.1, 0.15) is 13.2 Å². The number of unbranched alkanes of at least 4 members (excludes halogenated alkanes) is 26. The molecule has 0 amide bonds. The summed E-state index contributed by atoms with van der Waals surface area (Å²) in [6.45, 7) is 6.45. The van der Waals surface area contributed by atoms with Crippen LogP contribution in [0.3, 0.4) is 0 Å². The average Bonchev–Trinajstić information content (AvgIpc) is 3.37. The van der Waals surface area contributed by atoms with E-state index < -0.39 is 6.10 Å². The minimum absolute atomic E-state index is 0.102. The molecule has 0 fully saturated rings. The molecule has 0 aromatic carbocycles. The van der Waals surface area contributed by atoms with Crippen molar-refractivity contribution in [3.8, 4) is 0 Å². The molecule has 0 aromatic heterocycles. The van der Waals surface area contributed by atoms with Crippen LogP contribution in [0.1, 0.15) is 278 Å². The summed E-state index contributed by atoms with van der Waals surface area (Å²) in [5.74, 6) is -0.991. The van der Waals surface area contributed by atoms with Crippen LogP contribution in [0.25, 0.3) is 0 Å². The molecule has 0 radical (unpaired) electrons. The predicted molar refractivity (Wildman–Crippen MR) is 307 cm³/mol. The van der Waals surface area contributed by atoms with Gasteiger partial charge in [-0.1, -0.05) is 266 Å². The molecule has 0 aliphatic carbocycles. The molecule has 6 heteroatoms. The molecule has 0 N–H and O–H groups in total. The Labute approximate surface area is 438 Å². The molecule has 1 atom stereocenters. The second-order valence-electron chi connectivity index (χ2n) is 19.5. The Balaban J connectivity index is 4.50. The van der Waals surface area contributed by atoms with Gasteiger partial charge in [-0.15, -0.1) is 0 Å². The van der Waals surface area contributed by atoms with E-state index in [1.807, 2.05) is 6.08 Å². The summed E-state index contributed by atoms with van der Waals surface area (Å²) in [5, 5.41) is 0. The van der Waals surface area contributed by atoms with Crippen molar-refractivity contribution in [1.29, 1.82) is 0 Å². The van der Waals surface area contributed by atoms with E-state index >= 15 is 0 Å². The Bertz CT molecular complexity index is 1410. The highest BCUT2D eigenvalue weighted by atomic mass is 16.6. The van der Waals surface area contributed by atoms with Crippen LogP contribution in [-0.2, 0) is 28.6 Å². The van der Waals surface area contributed by atoms with Crippen LogP contribution in [0.4, 0.5) is 0 Å². The predicted octanol–water partition coefficient (Wildman–Crippen LogP) is 20.1. The van der Waals surface area contributed by atoms with Gasteiger partial charge in [0.05, 0.1) is 0 Å². The summed E-state index contributed by atoms with van der Waals surface area (Å²) >= 11 is 0. The first kappa shape index (κ1) is 67.3. The molecule has 1 unspecified atom stereocenters. The molecule has 0 bridgehead atoms. The summed E-state index contributed by atoms with van der Waals surface area (Å²) in [6.07, 6.45) is 78.4. The van der Waals surface area contributed by atoms with Gasteiger partial charge in [-0.3, -0.25) is 14.4 Å². The van der Waals surface area contributed by atoms with Gasteiger partial charge in [0.15, 0.2) is 6.10 Å². The summed E-state index contributed by atoms with van der Waals surface area (Å²) in [6, 6.07) is 0. The second kappa shape index (κ2) is 58.9. The van der Waals surface area contributed by atoms with Crippen LogP contribution in [-0.4, -0.2) is 37.2 Å². The summed E-state index contributed by atoms with van der Waals surface area (Å²) in [5.41, 5.74) is 0. The van der Waals surface area contributed by atoms with Crippen LogP contribution in [0.15, 0.2) is 97.2 Å². The van der Waals surface area contributed by atoms with E-state index in [-0.39, 0.29) is 37.5 Å². The Morgan fingerprint density at radius 1 is 0.296 bits per heavy atom. The van der Waals surface area contributed by atoms with Gasteiger partial charge in [0, 0.05) is 19.3 Å². The summed E-state index contributed by atoms with van der Waals surface area (Å²) in [7, 11) is 0. The third-order valence-corrected chi connectivity index (χ3v) is 12.6. The minimum atomic E-state index is -0.812. The molecule has 0 heterocycles. The Hall–Kier alpha value is -3.67. The molecular formula is C65H110O6. The molecule has 406 valence electrons. The third-order valence-electron chi connectivity index (χ3n) is 12.6. The largest absolute Gasteiger partial charge is 0.462 e. The standard InChI is InChI=1S/C65H110O6/c1-4-7-10-13-16-19-22-25-28-31-32-35-37-40-43-46-49-52-55-58-64(67)70-61-62(71-65(68)59-56-53-50-47-44-41-38-34-30-27-24-21-18-15-12-9-6-3)60-69-63(66)57-54-51-48-45-42-39-36-33-29-26-23-20-17-14-11-8-5-2/h7,10,16,18-19,21,25,27-28,30,32,35,40,43,49,52,62H,4-6,8-9,11-15,17,20,22-24,26,29,31,33-34,36-39,41-42,44-48,50-51,53-61H2,1-3H3/b10-7-,19-16-,21-18-,28-25-,30-27-,35-32-,43-40-,52-49-. The molecule has 0 saturated heterocycles. The number of hydrogen-bond donors (Lipinski definition) is 0. The molecule has 0 spiro atoms. The highest BCUT2D eigenvalue weighted by Crippen LogP contribution is 2.16. The van der Waals surface area contributed by atoms with Crippen molar-refractivity contribution < 1.29 is 28.6 Å². The van der Waals surface area contributed by atoms with Gasteiger partial charge < -0.3 is 14.2 Å². The number of ether oxygens (including phenoxy) is 3. The zero-order chi connectivity index (χ0) is 51.4. The van der Waals surface area contributed by atoms with Gasteiger partial charge in [0.25, 0.3) is 0 Å². The zero-order valence-corrected chi connectivity index (χ0v) is 46.5. The van der Waals surface area contributed by atoms with E-state index in [9.17, 15) is 14.4 Å². The van der Waals surface area contributed by atoms with E-state index in [1.165, 1.54) is 141 Å². The van der Waals surface area contributed by atoms with Crippen LogP contribution < -0.4 is 0 Å². The highest BCUT2D eigenvalue weighted by molar-refractivity contribution is 5.71. The SMILES string of the molecule is CC/C=C\C/C=C\C/C=C\C/C=C\C/C=C\C/C=C\CCC(=O)OCC(COC(=O)CCCCCCCCCCCCCCCCCCC)OC(=O)CCCCCCCCC/C=C\C/C=C\CCCCC. The Morgan fingerprint density at radius 3 is 0.972 bits per heavy atom. The van der Waals surface area contributed by atoms with Crippen molar-refractivity contribution in [1.82, 2.24) is 0 Å². The minimum Gasteiger partial charge on any atom is -0.462 e. The quantitative estimate of drug-likeness (QED) is 0.0261. The second-order valence-corrected chi connectivity index (χ2v) is 19.5. The van der Waals surface area contributed by atoms with E-state index in [0.29, 0.717) is 19.3 Å². The van der Waals surface area contributed by atoms with Crippen molar-refractivity contribution in [2.45, 2.75) is 284 Å². The van der Waals surface area contributed by atoms with Gasteiger partial charge in [0.2, 0.25) is 0 Å². The molecular weight excluding hydrogens is 877 g/mol. The van der Waals surface area contributed by atoms with Crippen molar-refractivity contribution in [2.24, 2.45) is 0 Å². The highest BCUT2D eigenvalue weighted by Gasteiger charge is 2.19. The van der Waals surface area contributed by atoms with Gasteiger partial charge in [-0.25, -0.2) is 0 Å². The van der Waals surface area contributed by atoms with Crippen molar-refractivity contribution in [3.05, 3.63) is 97.2 Å². The van der Waals surface area contributed by atoms with Crippen LogP contribution >= 0.6 is 0 Å². The third kappa shape index (κ3) is 57.1. The molecule has 0 saturated carbocycles. The lowest BCUT2D eigenvalue weighted by atomic mass is 10.0. The molecule has 0 aliphatic heterocycles. The molecule has 6 nitrogen and oxygen atoms in total. The number of carbonyl (C=O) groups is 3. The van der Waals surface area contributed by atoms with Gasteiger partial charge in [-0.2, -0.15) is 0 Å². The molecule has 71 heavy (non-hydrogen) atoms. The normalized spacial score (nSPS) is 12.8. The maximum Gasteiger partial charge on any atom is 0.306 e. The maximum absolute atomic E-state index is 12.9. The van der Waals surface area contributed by atoms with Crippen molar-refractivity contribution >= 4 is 17.9 Å². The van der Waals surface area contributed by atoms with Crippen LogP contribution in [0.2, 0.25) is 0 Å². The summed E-state index contributed by atoms with van der Waals surface area (Å²) in [4.78, 5) is 38.2. The number of rotatable bonds is 53. The smallest absolute Gasteiger partial charge is 0.306 e. The van der Waals surface area contributed by atoms with E-state index in [0.717, 1.165) is 89.9 Å². The topological polar surface area (TPSA) is 78.9 Å². The van der Waals surface area contributed by atoms with Crippen LogP contribution in [0, 0.1) is 0 Å². The van der Waals surface area contributed by atoms with Gasteiger partial charge in [-0.05, 0) is 89.9 Å². The van der Waals surface area contributed by atoms with Crippen LogP contribution in [0.5, 0.6) is 0 Å². The van der Waals surface area contributed by atoms with E-state index in [4.69, 9.17) is 14.2 Å². The maximum atomic E-state index is 12.9. The first-order chi connectivity index (χ1) is 35.0. The van der Waals surface area contributed by atoms with E-state index in [1.54, 1.807) is 0 Å². The summed E-state index contributed by atoms with van der Waals surface area (Å²) < 4.78 is 16.8. The van der Waals surface area contributed by atoms with E-state index in [2.05, 4.69) is 112 Å². The monoisotopic (exact) mass is 987 g/mol. The first-order valence-electron chi connectivity index (χ1n) is 29.7. The lowest BCUT2D eigenvalue weighted by molar-refractivity contribution is -0.166. The lowest BCUT2D eigenvalue weighted by Gasteiger charge is -2.18. The fourth-order valence-corrected chi connectivity index (χ4v) is 8.15. The fraction of sp³-hybridized carbons (Fsp3) is 0.708. The number of allylic oxidation sites excluding steroid dienone is 16. The molecule has 0 aliphatic rings. The number of hydrogen-bond acceptors (Lipinski definition) is 6.